The normalized spacial score (nSPS) is 24.2. The standard InChI is InChI=1S/C14H16N2O2/c17-14(18)10-6-2-1-5-9(10)13-15-11-7-3-4-8-12(11)16-13/h3-4,7-10H,1-2,5-6H2,(H,15,16)(H,17,18). The van der Waals surface area contributed by atoms with E-state index in [2.05, 4.69) is 9.97 Å². The van der Waals surface area contributed by atoms with Gasteiger partial charge in [-0.3, -0.25) is 4.79 Å². The van der Waals surface area contributed by atoms with Crippen molar-refractivity contribution in [3.05, 3.63) is 30.1 Å². The van der Waals surface area contributed by atoms with Crippen molar-refractivity contribution >= 4 is 17.0 Å². The van der Waals surface area contributed by atoms with Crippen LogP contribution in [0.25, 0.3) is 11.0 Å². The summed E-state index contributed by atoms with van der Waals surface area (Å²) in [5.74, 6) is -0.119. The number of aliphatic carboxylic acids is 1. The zero-order valence-electron chi connectivity index (χ0n) is 10.1. The Hall–Kier alpha value is -1.84. The maximum Gasteiger partial charge on any atom is 0.307 e. The van der Waals surface area contributed by atoms with Gasteiger partial charge in [0.15, 0.2) is 0 Å². The number of H-pyrrole nitrogens is 1. The van der Waals surface area contributed by atoms with Crippen LogP contribution in [0.15, 0.2) is 24.3 Å². The smallest absolute Gasteiger partial charge is 0.307 e. The average Bonchev–Trinajstić information content (AvgIpc) is 2.82. The molecule has 2 unspecified atom stereocenters. The van der Waals surface area contributed by atoms with Gasteiger partial charge in [0.05, 0.1) is 17.0 Å². The van der Waals surface area contributed by atoms with Gasteiger partial charge < -0.3 is 10.1 Å². The molecule has 0 bridgehead atoms. The van der Waals surface area contributed by atoms with Crippen LogP contribution in [0.4, 0.5) is 0 Å². The topological polar surface area (TPSA) is 66.0 Å². The number of nitrogens with one attached hydrogen (secondary N) is 1. The van der Waals surface area contributed by atoms with E-state index in [1.165, 1.54) is 0 Å². The minimum absolute atomic E-state index is 0.0312. The summed E-state index contributed by atoms with van der Waals surface area (Å²) in [5.41, 5.74) is 1.91. The van der Waals surface area contributed by atoms with E-state index in [1.54, 1.807) is 0 Å². The van der Waals surface area contributed by atoms with Crippen LogP contribution in [0, 0.1) is 5.92 Å². The molecule has 94 valence electrons. The molecule has 1 saturated carbocycles. The largest absolute Gasteiger partial charge is 0.481 e. The van der Waals surface area contributed by atoms with Gasteiger partial charge >= 0.3 is 5.97 Å². The Labute approximate surface area is 105 Å². The number of aromatic amines is 1. The minimum atomic E-state index is -0.694. The molecule has 0 saturated heterocycles. The van der Waals surface area contributed by atoms with Gasteiger partial charge in [-0.1, -0.05) is 25.0 Å². The lowest BCUT2D eigenvalue weighted by molar-refractivity contribution is -0.143. The molecule has 1 heterocycles. The van der Waals surface area contributed by atoms with Crippen LogP contribution >= 0.6 is 0 Å². The third-order valence-electron chi connectivity index (χ3n) is 3.84. The first kappa shape index (κ1) is 11.3. The highest BCUT2D eigenvalue weighted by atomic mass is 16.4. The van der Waals surface area contributed by atoms with Crippen molar-refractivity contribution < 1.29 is 9.90 Å². The molecule has 18 heavy (non-hydrogen) atoms. The molecule has 1 aliphatic carbocycles. The molecule has 4 heteroatoms. The highest BCUT2D eigenvalue weighted by Crippen LogP contribution is 2.37. The van der Waals surface area contributed by atoms with E-state index in [0.29, 0.717) is 0 Å². The summed E-state index contributed by atoms with van der Waals surface area (Å²) in [5, 5.41) is 9.30. The summed E-state index contributed by atoms with van der Waals surface area (Å²) in [6, 6.07) is 7.83. The number of imidazole rings is 1. The zero-order chi connectivity index (χ0) is 12.5. The van der Waals surface area contributed by atoms with Gasteiger partial charge in [0.1, 0.15) is 5.82 Å². The summed E-state index contributed by atoms with van der Waals surface area (Å²) in [4.78, 5) is 19.1. The monoisotopic (exact) mass is 244 g/mol. The van der Waals surface area contributed by atoms with Crippen molar-refractivity contribution in [3.8, 4) is 0 Å². The fourth-order valence-electron chi connectivity index (χ4n) is 2.90. The average molecular weight is 244 g/mol. The van der Waals surface area contributed by atoms with Crippen LogP contribution in [0.5, 0.6) is 0 Å². The highest BCUT2D eigenvalue weighted by molar-refractivity contribution is 5.76. The molecule has 4 nitrogen and oxygen atoms in total. The number of hydrogen-bond donors (Lipinski definition) is 2. The lowest BCUT2D eigenvalue weighted by Crippen LogP contribution is -2.26. The SMILES string of the molecule is O=C(O)C1CCCCC1c1nc2ccccc2[nH]1. The lowest BCUT2D eigenvalue weighted by Gasteiger charge is -2.26. The number of hydrogen-bond acceptors (Lipinski definition) is 2. The Morgan fingerprint density at radius 2 is 2.06 bits per heavy atom. The van der Waals surface area contributed by atoms with Crippen LogP contribution in [0.3, 0.4) is 0 Å². The molecule has 3 rings (SSSR count). The molecule has 1 aliphatic rings. The highest BCUT2D eigenvalue weighted by Gasteiger charge is 2.33. The molecule has 0 amide bonds. The Bertz CT molecular complexity index is 543. The second-order valence-electron chi connectivity index (χ2n) is 4.97. The van der Waals surface area contributed by atoms with Gasteiger partial charge in [-0.2, -0.15) is 0 Å². The summed E-state index contributed by atoms with van der Waals surface area (Å²) >= 11 is 0. The number of para-hydroxylation sites is 2. The van der Waals surface area contributed by atoms with Gasteiger partial charge in [-0.25, -0.2) is 4.98 Å². The van der Waals surface area contributed by atoms with Crippen molar-refractivity contribution in [1.29, 1.82) is 0 Å². The number of carboxylic acid groups (broad SMARTS) is 1. The Balaban J connectivity index is 1.98. The van der Waals surface area contributed by atoms with Crippen molar-refractivity contribution in [2.75, 3.05) is 0 Å². The quantitative estimate of drug-likeness (QED) is 0.853. The van der Waals surface area contributed by atoms with E-state index in [1.807, 2.05) is 24.3 Å². The van der Waals surface area contributed by atoms with E-state index >= 15 is 0 Å². The Morgan fingerprint density at radius 3 is 2.83 bits per heavy atom. The number of aromatic nitrogens is 2. The van der Waals surface area contributed by atoms with Gasteiger partial charge in [-0.05, 0) is 25.0 Å². The molecular weight excluding hydrogens is 228 g/mol. The van der Waals surface area contributed by atoms with Crippen LogP contribution in [0.2, 0.25) is 0 Å². The fourth-order valence-corrected chi connectivity index (χ4v) is 2.90. The number of fused-ring (bicyclic) bond motifs is 1. The first-order valence-electron chi connectivity index (χ1n) is 6.43. The minimum Gasteiger partial charge on any atom is -0.481 e. The van der Waals surface area contributed by atoms with E-state index in [0.717, 1.165) is 42.5 Å². The van der Waals surface area contributed by atoms with Gasteiger partial charge in [-0.15, -0.1) is 0 Å². The summed E-state index contributed by atoms with van der Waals surface area (Å²) in [6.07, 6.45) is 3.77. The second-order valence-corrected chi connectivity index (χ2v) is 4.97. The number of carboxylic acids is 1. The van der Waals surface area contributed by atoms with E-state index in [9.17, 15) is 9.90 Å². The first-order chi connectivity index (χ1) is 8.75. The van der Waals surface area contributed by atoms with Crippen LogP contribution in [-0.4, -0.2) is 21.0 Å². The molecule has 1 aromatic heterocycles. The van der Waals surface area contributed by atoms with E-state index < -0.39 is 5.97 Å². The number of nitrogens with zero attached hydrogens (tertiary/aromatic N) is 1. The molecule has 2 atom stereocenters. The van der Waals surface area contributed by atoms with Crippen LogP contribution in [0.1, 0.15) is 37.4 Å². The fraction of sp³-hybridized carbons (Fsp3) is 0.429. The zero-order valence-corrected chi connectivity index (χ0v) is 10.1. The molecular formula is C14H16N2O2. The molecule has 1 fully saturated rings. The van der Waals surface area contributed by atoms with Gasteiger partial charge in [0.25, 0.3) is 0 Å². The molecule has 0 radical (unpaired) electrons. The number of rotatable bonds is 2. The number of benzene rings is 1. The van der Waals surface area contributed by atoms with Crippen molar-refractivity contribution in [2.45, 2.75) is 31.6 Å². The summed E-state index contributed by atoms with van der Waals surface area (Å²) in [7, 11) is 0. The Kier molecular flexibility index (Phi) is 2.78. The van der Waals surface area contributed by atoms with Crippen molar-refractivity contribution in [3.63, 3.8) is 0 Å². The molecule has 1 aromatic carbocycles. The van der Waals surface area contributed by atoms with Crippen molar-refractivity contribution in [1.82, 2.24) is 9.97 Å². The van der Waals surface area contributed by atoms with Crippen LogP contribution < -0.4 is 0 Å². The molecule has 0 spiro atoms. The van der Waals surface area contributed by atoms with E-state index in [4.69, 9.17) is 0 Å². The van der Waals surface area contributed by atoms with E-state index in [-0.39, 0.29) is 11.8 Å². The second kappa shape index (κ2) is 4.44. The summed E-state index contributed by atoms with van der Waals surface area (Å²) < 4.78 is 0. The summed E-state index contributed by atoms with van der Waals surface area (Å²) in [6.45, 7) is 0. The predicted molar refractivity (Wildman–Crippen MR) is 68.4 cm³/mol. The number of carbonyl (C=O) groups is 1. The maximum absolute atomic E-state index is 11.3. The molecule has 0 aliphatic heterocycles. The molecule has 2 N–H and O–H groups in total. The first-order valence-corrected chi connectivity index (χ1v) is 6.43. The van der Waals surface area contributed by atoms with Crippen LogP contribution in [-0.2, 0) is 4.79 Å². The maximum atomic E-state index is 11.3. The third kappa shape index (κ3) is 1.88. The lowest BCUT2D eigenvalue weighted by atomic mass is 9.79. The predicted octanol–water partition coefficient (Wildman–Crippen LogP) is 2.92. The van der Waals surface area contributed by atoms with Gasteiger partial charge in [0.2, 0.25) is 0 Å². The molecule has 2 aromatic rings. The van der Waals surface area contributed by atoms with Gasteiger partial charge in [0, 0.05) is 5.92 Å². The Morgan fingerprint density at radius 1 is 1.28 bits per heavy atom. The van der Waals surface area contributed by atoms with Crippen molar-refractivity contribution in [2.24, 2.45) is 5.92 Å². The third-order valence-corrected chi connectivity index (χ3v) is 3.84.